The van der Waals surface area contributed by atoms with Crippen LogP contribution in [0.25, 0.3) is 0 Å². The lowest BCUT2D eigenvalue weighted by Crippen LogP contribution is -2.35. The molecule has 0 aromatic carbocycles. The molecule has 0 saturated carbocycles. The number of likely N-dealkylation sites (tertiary alicyclic amines) is 1. The minimum atomic E-state index is -1.06. The number of aldehydes is 1. The van der Waals surface area contributed by atoms with E-state index in [0.29, 0.717) is 25.9 Å². The van der Waals surface area contributed by atoms with Gasteiger partial charge in [0.15, 0.2) is 0 Å². The third-order valence-electron chi connectivity index (χ3n) is 2.11. The molecule has 0 aliphatic carbocycles. The number of rotatable bonds is 3. The summed E-state index contributed by atoms with van der Waals surface area (Å²) >= 11 is 0. The van der Waals surface area contributed by atoms with E-state index >= 15 is 0 Å². The van der Waals surface area contributed by atoms with Crippen LogP contribution in [0.15, 0.2) is 0 Å². The van der Waals surface area contributed by atoms with Crippen molar-refractivity contribution in [3.05, 3.63) is 0 Å². The maximum atomic E-state index is 10.6. The van der Waals surface area contributed by atoms with Gasteiger partial charge >= 0.3 is 6.09 Å². The summed E-state index contributed by atoms with van der Waals surface area (Å²) in [7, 11) is 0. The molecule has 2 atom stereocenters. The highest BCUT2D eigenvalue weighted by atomic mass is 16.5. The molecule has 1 aliphatic heterocycles. The Morgan fingerprint density at radius 3 is 2.85 bits per heavy atom. The Labute approximate surface area is 76.3 Å². The molecule has 0 aromatic heterocycles. The molecule has 1 fully saturated rings. The fourth-order valence-corrected chi connectivity index (χ4v) is 1.53. The second-order valence-corrected chi connectivity index (χ2v) is 2.95. The number of hydrogen-bond acceptors (Lipinski definition) is 3. The van der Waals surface area contributed by atoms with Gasteiger partial charge in [0.2, 0.25) is 0 Å². The van der Waals surface area contributed by atoms with Crippen LogP contribution >= 0.6 is 0 Å². The third kappa shape index (κ3) is 2.18. The highest BCUT2D eigenvalue weighted by Crippen LogP contribution is 2.18. The molecule has 1 amide bonds. The standard InChI is InChI=1S/C8H13NO4/c1-2-13-7-3-6(5-10)9(4-7)8(11)12/h5-7H,2-4H2,1H3,(H,11,12)/t6?,7-/m1/s1. The molecule has 0 spiro atoms. The molecule has 0 bridgehead atoms. The molecular weight excluding hydrogens is 174 g/mol. The van der Waals surface area contributed by atoms with Crippen molar-refractivity contribution >= 4 is 12.4 Å². The number of nitrogens with zero attached hydrogens (tertiary/aromatic N) is 1. The van der Waals surface area contributed by atoms with Crippen molar-refractivity contribution in [2.24, 2.45) is 0 Å². The van der Waals surface area contributed by atoms with Crippen molar-refractivity contribution in [1.82, 2.24) is 4.90 Å². The van der Waals surface area contributed by atoms with Crippen LogP contribution < -0.4 is 0 Å². The number of carboxylic acid groups (broad SMARTS) is 1. The molecule has 5 heteroatoms. The summed E-state index contributed by atoms with van der Waals surface area (Å²) in [5, 5.41) is 8.71. The van der Waals surface area contributed by atoms with E-state index in [4.69, 9.17) is 9.84 Å². The molecule has 1 N–H and O–H groups in total. The van der Waals surface area contributed by atoms with Gasteiger partial charge in [-0.3, -0.25) is 4.90 Å². The Kier molecular flexibility index (Phi) is 3.25. The van der Waals surface area contributed by atoms with Crippen molar-refractivity contribution in [3.63, 3.8) is 0 Å². The van der Waals surface area contributed by atoms with Gasteiger partial charge in [0.1, 0.15) is 6.29 Å². The Balaban J connectivity index is 2.55. The average molecular weight is 187 g/mol. The van der Waals surface area contributed by atoms with E-state index in [9.17, 15) is 9.59 Å². The second-order valence-electron chi connectivity index (χ2n) is 2.95. The summed E-state index contributed by atoms with van der Waals surface area (Å²) in [5.74, 6) is 0. The van der Waals surface area contributed by atoms with Gasteiger partial charge < -0.3 is 14.6 Å². The first-order valence-corrected chi connectivity index (χ1v) is 4.25. The number of carbonyl (C=O) groups excluding carboxylic acids is 1. The van der Waals surface area contributed by atoms with Crippen LogP contribution in [0.5, 0.6) is 0 Å². The van der Waals surface area contributed by atoms with Crippen LogP contribution in [0.1, 0.15) is 13.3 Å². The average Bonchev–Trinajstić information content (AvgIpc) is 2.48. The van der Waals surface area contributed by atoms with E-state index in [1.54, 1.807) is 0 Å². The summed E-state index contributed by atoms with van der Waals surface area (Å²) in [6, 6.07) is -0.533. The molecule has 0 radical (unpaired) electrons. The van der Waals surface area contributed by atoms with Gasteiger partial charge in [-0.1, -0.05) is 0 Å². The number of hydrogen-bond donors (Lipinski definition) is 1. The van der Waals surface area contributed by atoms with Crippen LogP contribution in [0, 0.1) is 0 Å². The smallest absolute Gasteiger partial charge is 0.407 e. The molecule has 1 heterocycles. The Bertz CT molecular complexity index is 206. The molecule has 1 aliphatic rings. The van der Waals surface area contributed by atoms with Crippen molar-refractivity contribution in [3.8, 4) is 0 Å². The van der Waals surface area contributed by atoms with Crippen LogP contribution in [0.3, 0.4) is 0 Å². The normalized spacial score (nSPS) is 27.6. The summed E-state index contributed by atoms with van der Waals surface area (Å²) in [5.41, 5.74) is 0. The third-order valence-corrected chi connectivity index (χ3v) is 2.11. The molecule has 5 nitrogen and oxygen atoms in total. The van der Waals surface area contributed by atoms with Gasteiger partial charge in [-0.25, -0.2) is 4.79 Å². The van der Waals surface area contributed by atoms with E-state index < -0.39 is 12.1 Å². The molecule has 0 aromatic rings. The van der Waals surface area contributed by atoms with Crippen LogP contribution in [-0.2, 0) is 9.53 Å². The van der Waals surface area contributed by atoms with Crippen LogP contribution in [-0.4, -0.2) is 47.7 Å². The van der Waals surface area contributed by atoms with Crippen molar-refractivity contribution in [2.45, 2.75) is 25.5 Å². The van der Waals surface area contributed by atoms with Crippen LogP contribution in [0.2, 0.25) is 0 Å². The predicted molar refractivity (Wildman–Crippen MR) is 44.6 cm³/mol. The van der Waals surface area contributed by atoms with E-state index in [1.807, 2.05) is 6.92 Å². The summed E-state index contributed by atoms with van der Waals surface area (Å²) < 4.78 is 5.25. The number of ether oxygens (including phenoxy) is 1. The fourth-order valence-electron chi connectivity index (χ4n) is 1.53. The maximum absolute atomic E-state index is 10.6. The molecule has 1 unspecified atom stereocenters. The first kappa shape index (κ1) is 9.98. The first-order chi connectivity index (χ1) is 6.19. The molecular formula is C8H13NO4. The minimum Gasteiger partial charge on any atom is -0.465 e. The van der Waals surface area contributed by atoms with Gasteiger partial charge in [0.25, 0.3) is 0 Å². The number of amides is 1. The lowest BCUT2D eigenvalue weighted by Gasteiger charge is -2.15. The molecule has 13 heavy (non-hydrogen) atoms. The molecule has 74 valence electrons. The summed E-state index contributed by atoms with van der Waals surface area (Å²) in [6.07, 6.45) is -0.0489. The van der Waals surface area contributed by atoms with Crippen molar-refractivity contribution in [1.29, 1.82) is 0 Å². The SMILES string of the molecule is CCO[C@@H]1CC(C=O)N(C(=O)O)C1. The first-order valence-electron chi connectivity index (χ1n) is 4.25. The highest BCUT2D eigenvalue weighted by Gasteiger charge is 2.35. The zero-order chi connectivity index (χ0) is 9.84. The Hall–Kier alpha value is -1.10. The second kappa shape index (κ2) is 4.23. The Morgan fingerprint density at radius 1 is 1.77 bits per heavy atom. The van der Waals surface area contributed by atoms with E-state index in [-0.39, 0.29) is 6.10 Å². The zero-order valence-corrected chi connectivity index (χ0v) is 7.47. The number of carbonyl (C=O) groups is 2. The lowest BCUT2D eigenvalue weighted by molar-refractivity contribution is -0.111. The van der Waals surface area contributed by atoms with Gasteiger partial charge in [-0.2, -0.15) is 0 Å². The largest absolute Gasteiger partial charge is 0.465 e. The van der Waals surface area contributed by atoms with Gasteiger partial charge in [0.05, 0.1) is 18.7 Å². The summed E-state index contributed by atoms with van der Waals surface area (Å²) in [4.78, 5) is 22.3. The monoisotopic (exact) mass is 187 g/mol. The van der Waals surface area contributed by atoms with Gasteiger partial charge in [0, 0.05) is 13.0 Å². The summed E-state index contributed by atoms with van der Waals surface area (Å²) in [6.45, 7) is 2.69. The van der Waals surface area contributed by atoms with E-state index in [2.05, 4.69) is 0 Å². The predicted octanol–water partition coefficient (Wildman–Crippen LogP) is 0.343. The molecule has 1 saturated heterocycles. The van der Waals surface area contributed by atoms with Gasteiger partial charge in [-0.15, -0.1) is 0 Å². The lowest BCUT2D eigenvalue weighted by atomic mass is 10.2. The van der Waals surface area contributed by atoms with Crippen LogP contribution in [0.4, 0.5) is 4.79 Å². The zero-order valence-electron chi connectivity index (χ0n) is 7.47. The van der Waals surface area contributed by atoms with E-state index in [1.165, 1.54) is 0 Å². The minimum absolute atomic E-state index is 0.128. The maximum Gasteiger partial charge on any atom is 0.407 e. The molecule has 1 rings (SSSR count). The van der Waals surface area contributed by atoms with Crippen molar-refractivity contribution in [2.75, 3.05) is 13.2 Å². The quantitative estimate of drug-likeness (QED) is 0.647. The van der Waals surface area contributed by atoms with Gasteiger partial charge in [-0.05, 0) is 6.92 Å². The van der Waals surface area contributed by atoms with Crippen molar-refractivity contribution < 1.29 is 19.4 Å². The highest BCUT2D eigenvalue weighted by molar-refractivity contribution is 5.72. The topological polar surface area (TPSA) is 66.8 Å². The Morgan fingerprint density at radius 2 is 2.46 bits per heavy atom. The van der Waals surface area contributed by atoms with E-state index in [0.717, 1.165) is 4.90 Å². The fraction of sp³-hybridized carbons (Fsp3) is 0.750.